The van der Waals surface area contributed by atoms with Gasteiger partial charge in [-0.3, -0.25) is 9.78 Å². The first kappa shape index (κ1) is 28.2. The van der Waals surface area contributed by atoms with E-state index in [0.717, 1.165) is 22.3 Å². The van der Waals surface area contributed by atoms with Gasteiger partial charge in [0.2, 0.25) is 15.9 Å². The molecule has 0 saturated carbocycles. The number of fused-ring (bicyclic) bond motifs is 1. The molecule has 204 valence electrons. The molecule has 0 atom stereocenters. The number of nitrogens with zero attached hydrogens (tertiary/aromatic N) is 2. The molecule has 39 heavy (non-hydrogen) atoms. The summed E-state index contributed by atoms with van der Waals surface area (Å²) < 4.78 is 33.6. The third-order valence-corrected chi connectivity index (χ3v) is 8.24. The largest absolute Gasteiger partial charge is 0.497 e. The lowest BCUT2D eigenvalue weighted by Gasteiger charge is -2.23. The van der Waals surface area contributed by atoms with Crippen LogP contribution in [0.25, 0.3) is 10.9 Å². The van der Waals surface area contributed by atoms with Crippen molar-refractivity contribution in [3.8, 4) is 5.75 Å². The number of carbonyl (C=O) groups excluding carboxylic acids is 1. The van der Waals surface area contributed by atoms with Crippen LogP contribution in [0.15, 0.2) is 77.7 Å². The number of nitrogens with two attached hydrogens (primary N) is 1. The van der Waals surface area contributed by atoms with Gasteiger partial charge in [0.1, 0.15) is 5.75 Å². The summed E-state index contributed by atoms with van der Waals surface area (Å²) in [6.07, 6.45) is -0.0589. The second kappa shape index (κ2) is 12.3. The average molecular weight is 568 g/mol. The van der Waals surface area contributed by atoms with Crippen molar-refractivity contribution in [1.82, 2.24) is 9.29 Å². The van der Waals surface area contributed by atoms with Gasteiger partial charge in [0.05, 0.1) is 28.9 Å². The van der Waals surface area contributed by atoms with Gasteiger partial charge < -0.3 is 21.1 Å². The summed E-state index contributed by atoms with van der Waals surface area (Å²) in [4.78, 5) is 17.3. The van der Waals surface area contributed by atoms with Crippen molar-refractivity contribution < 1.29 is 17.9 Å². The monoisotopic (exact) mass is 567 g/mol. The van der Waals surface area contributed by atoms with Crippen LogP contribution in [0.4, 0.5) is 17.1 Å². The van der Waals surface area contributed by atoms with E-state index in [9.17, 15) is 13.2 Å². The molecule has 0 fully saturated rings. The smallest absolute Gasteiger partial charge is 0.243 e. The fourth-order valence-electron chi connectivity index (χ4n) is 4.09. The first-order chi connectivity index (χ1) is 18.7. The molecular weight excluding hydrogens is 538 g/mol. The highest BCUT2D eigenvalue weighted by molar-refractivity contribution is 7.89. The van der Waals surface area contributed by atoms with E-state index in [-0.39, 0.29) is 36.9 Å². The molecule has 0 bridgehead atoms. The highest BCUT2D eigenvalue weighted by atomic mass is 35.5. The Morgan fingerprint density at radius 2 is 1.77 bits per heavy atom. The summed E-state index contributed by atoms with van der Waals surface area (Å²) in [6, 6.07) is 20.4. The zero-order chi connectivity index (χ0) is 28.0. The number of rotatable bonds is 11. The van der Waals surface area contributed by atoms with Crippen molar-refractivity contribution in [3.63, 3.8) is 0 Å². The normalized spacial score (nSPS) is 11.5. The number of aryl methyl sites for hydroxylation is 1. The molecule has 0 aliphatic rings. The Balaban J connectivity index is 1.52. The lowest BCUT2D eigenvalue weighted by molar-refractivity contribution is -0.116. The van der Waals surface area contributed by atoms with E-state index < -0.39 is 10.0 Å². The van der Waals surface area contributed by atoms with E-state index in [4.69, 9.17) is 22.1 Å². The van der Waals surface area contributed by atoms with E-state index >= 15 is 0 Å². The molecule has 11 heteroatoms. The molecule has 0 spiro atoms. The van der Waals surface area contributed by atoms with Crippen molar-refractivity contribution in [2.45, 2.75) is 18.2 Å². The number of methoxy groups -OCH3 is 1. The number of aromatic nitrogens is 1. The van der Waals surface area contributed by atoms with Gasteiger partial charge in [-0.2, -0.15) is 4.31 Å². The molecule has 1 aromatic heterocycles. The predicted molar refractivity (Wildman–Crippen MR) is 156 cm³/mol. The number of halogens is 1. The number of carbonyl (C=O) groups is 1. The first-order valence-corrected chi connectivity index (χ1v) is 14.1. The molecule has 1 heterocycles. The van der Waals surface area contributed by atoms with Crippen LogP contribution in [0.5, 0.6) is 5.75 Å². The second-order valence-electron chi connectivity index (χ2n) is 8.86. The molecule has 0 aliphatic carbocycles. The molecule has 4 aromatic rings. The van der Waals surface area contributed by atoms with Crippen LogP contribution in [-0.2, 0) is 14.8 Å². The van der Waals surface area contributed by atoms with Crippen molar-refractivity contribution in [2.75, 3.05) is 43.1 Å². The summed E-state index contributed by atoms with van der Waals surface area (Å²) in [5.74, 6) is 0.196. The minimum Gasteiger partial charge on any atom is -0.497 e. The van der Waals surface area contributed by atoms with Gasteiger partial charge in [-0.1, -0.05) is 23.7 Å². The molecular formula is C28H30ClN5O4S. The van der Waals surface area contributed by atoms with E-state index in [2.05, 4.69) is 15.6 Å². The highest BCUT2D eigenvalue weighted by Crippen LogP contribution is 2.27. The van der Waals surface area contributed by atoms with Crippen molar-refractivity contribution >= 4 is 55.5 Å². The van der Waals surface area contributed by atoms with Crippen molar-refractivity contribution in [1.29, 1.82) is 0 Å². The number of nitrogen functional groups attached to an aromatic ring is 1. The number of para-hydroxylation sites is 2. The Kier molecular flexibility index (Phi) is 8.90. The summed E-state index contributed by atoms with van der Waals surface area (Å²) in [6.45, 7) is 2.25. The van der Waals surface area contributed by atoms with Crippen LogP contribution in [0.3, 0.4) is 0 Å². The minimum absolute atomic E-state index is 0.0312. The number of benzene rings is 3. The minimum atomic E-state index is -3.91. The quantitative estimate of drug-likeness (QED) is 0.220. The predicted octanol–water partition coefficient (Wildman–Crippen LogP) is 4.92. The van der Waals surface area contributed by atoms with Gasteiger partial charge in [-0.25, -0.2) is 8.42 Å². The van der Waals surface area contributed by atoms with E-state index in [1.54, 1.807) is 42.5 Å². The van der Waals surface area contributed by atoms with Crippen LogP contribution >= 0.6 is 11.6 Å². The Labute approximate surface area is 233 Å². The van der Waals surface area contributed by atoms with E-state index in [0.29, 0.717) is 22.1 Å². The number of nitrogens with one attached hydrogen (secondary N) is 2. The summed E-state index contributed by atoms with van der Waals surface area (Å²) >= 11 is 6.21. The number of anilines is 3. The lowest BCUT2D eigenvalue weighted by atomic mass is 10.1. The molecule has 4 N–H and O–H groups in total. The number of hydrogen-bond acceptors (Lipinski definition) is 7. The van der Waals surface area contributed by atoms with Gasteiger partial charge in [0.25, 0.3) is 0 Å². The molecule has 0 unspecified atom stereocenters. The number of hydrogen-bond donors (Lipinski definition) is 3. The maximum atomic E-state index is 13.6. The van der Waals surface area contributed by atoms with Crippen molar-refractivity contribution in [3.05, 3.63) is 83.5 Å². The van der Waals surface area contributed by atoms with Gasteiger partial charge in [-0.15, -0.1) is 0 Å². The summed E-state index contributed by atoms with van der Waals surface area (Å²) in [5, 5.41) is 7.47. The fourth-order valence-corrected chi connectivity index (χ4v) is 5.70. The Morgan fingerprint density at radius 3 is 2.49 bits per heavy atom. The lowest BCUT2D eigenvalue weighted by Crippen LogP contribution is -2.37. The van der Waals surface area contributed by atoms with E-state index in [1.165, 1.54) is 23.5 Å². The van der Waals surface area contributed by atoms with Crippen LogP contribution < -0.4 is 21.1 Å². The summed E-state index contributed by atoms with van der Waals surface area (Å²) in [7, 11) is -2.40. The molecule has 4 rings (SSSR count). The van der Waals surface area contributed by atoms with Crippen molar-refractivity contribution in [2.24, 2.45) is 0 Å². The third kappa shape index (κ3) is 6.97. The number of amides is 1. The van der Waals surface area contributed by atoms with Crippen LogP contribution in [0.1, 0.15) is 12.1 Å². The third-order valence-electron chi connectivity index (χ3n) is 6.10. The maximum absolute atomic E-state index is 13.6. The van der Waals surface area contributed by atoms with Gasteiger partial charge in [0.15, 0.2) is 0 Å². The molecule has 0 saturated heterocycles. The maximum Gasteiger partial charge on any atom is 0.243 e. The second-order valence-corrected chi connectivity index (χ2v) is 11.2. The zero-order valence-electron chi connectivity index (χ0n) is 21.6. The average Bonchev–Trinajstić information content (AvgIpc) is 2.92. The molecule has 9 nitrogen and oxygen atoms in total. The van der Waals surface area contributed by atoms with Crippen LogP contribution in [0, 0.1) is 6.92 Å². The van der Waals surface area contributed by atoms with Crippen LogP contribution in [0.2, 0.25) is 5.02 Å². The molecule has 0 aliphatic heterocycles. The topological polar surface area (TPSA) is 127 Å². The SMILES string of the molecule is COc1ccc(S(=O)(=O)N(CCNc2cc(C)nc3ccc(Cl)cc23)CCC(=O)Nc2ccccc2N)cc1. The van der Waals surface area contributed by atoms with Gasteiger partial charge in [-0.05, 0) is 67.6 Å². The zero-order valence-corrected chi connectivity index (χ0v) is 23.2. The Morgan fingerprint density at radius 1 is 1.03 bits per heavy atom. The first-order valence-electron chi connectivity index (χ1n) is 12.3. The van der Waals surface area contributed by atoms with Crippen LogP contribution in [-0.4, -0.2) is 50.4 Å². The van der Waals surface area contributed by atoms with Gasteiger partial charge >= 0.3 is 0 Å². The highest BCUT2D eigenvalue weighted by Gasteiger charge is 2.25. The molecule has 1 amide bonds. The standard InChI is InChI=1S/C28H30ClN5O4S/c1-19-17-27(23-18-20(29)7-12-25(23)32-19)31-14-16-34(39(36,37)22-10-8-21(38-2)9-11-22)15-13-28(35)33-26-6-4-3-5-24(26)30/h3-12,17-18H,13-16,30H2,1-2H3,(H,31,32)(H,33,35). The Hall–Kier alpha value is -3.86. The Bertz CT molecular complexity index is 1580. The fraction of sp³-hybridized carbons (Fsp3) is 0.214. The molecule has 3 aromatic carbocycles. The van der Waals surface area contributed by atoms with E-state index in [1.807, 2.05) is 25.1 Å². The number of sulfonamides is 1. The number of pyridine rings is 1. The van der Waals surface area contributed by atoms with Gasteiger partial charge in [0, 0.05) is 47.8 Å². The number of ether oxygens (including phenoxy) is 1. The molecule has 0 radical (unpaired) electrons. The summed E-state index contributed by atoms with van der Waals surface area (Å²) in [5.41, 5.74) is 9.21.